The number of aromatic carboxylic acids is 1. The molecule has 2 aliphatic rings. The fourth-order valence-corrected chi connectivity index (χ4v) is 3.99. The molecule has 1 saturated heterocycles. The molecule has 1 unspecified atom stereocenters. The van der Waals surface area contributed by atoms with Crippen LogP contribution in [-0.4, -0.2) is 87.2 Å². The van der Waals surface area contributed by atoms with E-state index in [0.29, 0.717) is 26.1 Å². The van der Waals surface area contributed by atoms with Crippen molar-refractivity contribution in [3.63, 3.8) is 0 Å². The Labute approximate surface area is 200 Å². The molecule has 0 aliphatic carbocycles. The molecule has 2 amide bonds. The fourth-order valence-electron chi connectivity index (χ4n) is 3.99. The number of carbonyl (C=O) groups excluding carboxylic acids is 2. The minimum Gasteiger partial charge on any atom is -0.503 e. The van der Waals surface area contributed by atoms with Gasteiger partial charge in [-0.3, -0.25) is 19.3 Å². The highest BCUT2D eigenvalue weighted by atomic mass is 19.1. The first-order valence-electron chi connectivity index (χ1n) is 10.9. The highest BCUT2D eigenvalue weighted by Gasteiger charge is 2.41. The number of nitrogens with zero attached hydrogens (tertiary/aromatic N) is 4. The average molecular weight is 490 g/mol. The zero-order valence-corrected chi connectivity index (χ0v) is 19.5. The molecule has 35 heavy (non-hydrogen) atoms. The Morgan fingerprint density at radius 1 is 1.17 bits per heavy atom. The molecule has 2 aliphatic heterocycles. The summed E-state index contributed by atoms with van der Waals surface area (Å²) in [5.41, 5.74) is 4.35. The highest BCUT2D eigenvalue weighted by molar-refractivity contribution is 5.97. The van der Waals surface area contributed by atoms with Gasteiger partial charge in [0.05, 0.1) is 13.1 Å². The lowest BCUT2D eigenvalue weighted by atomic mass is 10.1. The Morgan fingerprint density at radius 3 is 2.40 bits per heavy atom. The van der Waals surface area contributed by atoms with Gasteiger partial charge in [-0.15, -0.1) is 0 Å². The summed E-state index contributed by atoms with van der Waals surface area (Å²) in [5, 5.41) is 19.2. The van der Waals surface area contributed by atoms with Crippen LogP contribution in [0.4, 0.5) is 4.39 Å². The van der Waals surface area contributed by atoms with E-state index in [0.717, 1.165) is 11.8 Å². The second kappa shape index (κ2) is 10.7. The Hall–Kier alpha value is -3.77. The molecule has 0 radical (unpaired) electrons. The first-order valence-corrected chi connectivity index (χ1v) is 10.9. The number of fused-ring (bicyclic) bond motifs is 2. The van der Waals surface area contributed by atoms with Crippen LogP contribution in [0.15, 0.2) is 35.3 Å². The van der Waals surface area contributed by atoms with E-state index in [-0.39, 0.29) is 30.5 Å². The smallest absolute Gasteiger partial charge is 0.341 e. The van der Waals surface area contributed by atoms with E-state index >= 15 is 0 Å². The highest BCUT2D eigenvalue weighted by Crippen LogP contribution is 2.27. The number of aromatic hydroxyl groups is 1. The van der Waals surface area contributed by atoms with Crippen molar-refractivity contribution in [2.45, 2.75) is 25.7 Å². The monoisotopic (exact) mass is 489 g/mol. The van der Waals surface area contributed by atoms with Crippen molar-refractivity contribution in [3.8, 4) is 5.75 Å². The van der Waals surface area contributed by atoms with Crippen LogP contribution in [0.25, 0.3) is 0 Å². The lowest BCUT2D eigenvalue weighted by Crippen LogP contribution is -2.62. The third kappa shape index (κ3) is 5.49. The van der Waals surface area contributed by atoms with Crippen LogP contribution in [0, 0.1) is 5.82 Å². The summed E-state index contributed by atoms with van der Waals surface area (Å²) in [6, 6.07) is 6.16. The number of benzene rings is 1. The molecule has 12 heteroatoms. The van der Waals surface area contributed by atoms with Crippen molar-refractivity contribution in [1.82, 2.24) is 19.3 Å². The average Bonchev–Trinajstić information content (AvgIpc) is 2.82. The third-order valence-electron chi connectivity index (χ3n) is 5.92. The minimum atomic E-state index is -1.47. The number of hydrogen-bond acceptors (Lipinski definition) is 7. The van der Waals surface area contributed by atoms with E-state index < -0.39 is 34.8 Å². The van der Waals surface area contributed by atoms with Gasteiger partial charge in [0, 0.05) is 39.9 Å². The van der Waals surface area contributed by atoms with Gasteiger partial charge >= 0.3 is 5.97 Å². The van der Waals surface area contributed by atoms with Crippen molar-refractivity contribution in [2.24, 2.45) is 5.73 Å². The maximum atomic E-state index is 12.8. The molecule has 0 bridgehead atoms. The summed E-state index contributed by atoms with van der Waals surface area (Å²) < 4.78 is 13.5. The molecule has 4 N–H and O–H groups in total. The van der Waals surface area contributed by atoms with Gasteiger partial charge in [0.2, 0.25) is 11.3 Å². The van der Waals surface area contributed by atoms with Gasteiger partial charge in [-0.1, -0.05) is 12.1 Å². The number of nitrogens with two attached hydrogens (primary N) is 1. The molecule has 4 rings (SSSR count). The molecule has 188 valence electrons. The Morgan fingerprint density at radius 2 is 1.83 bits per heavy atom. The third-order valence-corrected chi connectivity index (χ3v) is 5.92. The van der Waals surface area contributed by atoms with E-state index in [1.54, 1.807) is 26.2 Å². The number of amides is 2. The summed E-state index contributed by atoms with van der Waals surface area (Å²) in [4.78, 5) is 52.9. The molecule has 0 saturated carbocycles. The van der Waals surface area contributed by atoms with Crippen LogP contribution >= 0.6 is 0 Å². The minimum absolute atomic E-state index is 0.112. The van der Waals surface area contributed by atoms with Gasteiger partial charge in [-0.2, -0.15) is 0 Å². The number of rotatable bonds is 4. The fraction of sp³-hybridized carbons (Fsp3) is 0.391. The number of likely N-dealkylation sites (N-methyl/N-ethyl adjacent to an activating group) is 1. The zero-order valence-electron chi connectivity index (χ0n) is 19.5. The van der Waals surface area contributed by atoms with Crippen LogP contribution in [0.3, 0.4) is 0 Å². The molecule has 1 aromatic carbocycles. The molecule has 1 atom stereocenters. The Balaban J connectivity index is 0.000000320. The molecule has 0 spiro atoms. The Bertz CT molecular complexity index is 1180. The van der Waals surface area contributed by atoms with Crippen LogP contribution < -0.4 is 11.2 Å². The van der Waals surface area contributed by atoms with Crippen LogP contribution in [0.2, 0.25) is 0 Å². The second-order valence-corrected chi connectivity index (χ2v) is 8.45. The first kappa shape index (κ1) is 25.8. The van der Waals surface area contributed by atoms with E-state index in [2.05, 4.69) is 0 Å². The second-order valence-electron chi connectivity index (χ2n) is 8.45. The first-order chi connectivity index (χ1) is 16.5. The predicted octanol–water partition coefficient (Wildman–Crippen LogP) is 0.112. The number of aromatic nitrogens is 1. The summed E-state index contributed by atoms with van der Waals surface area (Å²) >= 11 is 0. The lowest BCUT2D eigenvalue weighted by Gasteiger charge is -2.47. The van der Waals surface area contributed by atoms with E-state index in [9.17, 15) is 28.7 Å². The number of halogens is 1. The number of carboxylic acid groups (broad SMARTS) is 1. The van der Waals surface area contributed by atoms with Crippen molar-refractivity contribution in [3.05, 3.63) is 63.3 Å². The van der Waals surface area contributed by atoms with Crippen molar-refractivity contribution >= 4 is 17.8 Å². The molecule has 1 aromatic heterocycles. The van der Waals surface area contributed by atoms with Crippen LogP contribution in [0.1, 0.15) is 32.8 Å². The van der Waals surface area contributed by atoms with Gasteiger partial charge in [-0.25, -0.2) is 9.18 Å². The standard InChI is InChI=1S/C16H20N4O6.C7H8FN/c1-17(2)11(21)8-18-4-3-5-20-10(18)7-19-6-9(16(25)26)13(22)14(23)12(19)15(20)24;8-7-3-1-6(5-9)2-4-7/h6,10,23H,3-5,7-8H2,1-2H3,(H,25,26);1-4H,5,9H2. The van der Waals surface area contributed by atoms with Crippen LogP contribution in [0.5, 0.6) is 5.75 Å². The Kier molecular flexibility index (Phi) is 7.87. The molecule has 3 heterocycles. The predicted molar refractivity (Wildman–Crippen MR) is 123 cm³/mol. The van der Waals surface area contributed by atoms with Crippen molar-refractivity contribution < 1.29 is 29.0 Å². The number of carboxylic acids is 1. The maximum absolute atomic E-state index is 12.8. The van der Waals surface area contributed by atoms with Gasteiger partial charge in [0.15, 0.2) is 11.4 Å². The van der Waals surface area contributed by atoms with E-state index in [1.807, 2.05) is 4.90 Å². The number of carbonyl (C=O) groups is 3. The quantitative estimate of drug-likeness (QED) is 0.548. The maximum Gasteiger partial charge on any atom is 0.341 e. The summed E-state index contributed by atoms with van der Waals surface area (Å²) in [7, 11) is 3.29. The largest absolute Gasteiger partial charge is 0.503 e. The summed E-state index contributed by atoms with van der Waals surface area (Å²) in [5.74, 6) is -3.20. The molecule has 2 aromatic rings. The van der Waals surface area contributed by atoms with Gasteiger partial charge in [-0.05, 0) is 24.1 Å². The normalized spacial score (nSPS) is 17.1. The number of hydrogen-bond donors (Lipinski definition) is 3. The molecular formula is C23H28FN5O6. The number of pyridine rings is 1. The van der Waals surface area contributed by atoms with E-state index in [4.69, 9.17) is 10.8 Å². The summed E-state index contributed by atoms with van der Waals surface area (Å²) in [6.07, 6.45) is 1.28. The molecular weight excluding hydrogens is 461 g/mol. The zero-order chi connectivity index (χ0) is 25.9. The molecule has 11 nitrogen and oxygen atoms in total. The van der Waals surface area contributed by atoms with Gasteiger partial charge in [0.25, 0.3) is 5.91 Å². The SMILES string of the molecule is CN(C)C(=O)CN1CCCN2C(=O)c3c(O)c(=O)c(C(=O)O)cn3CC12.NCc1ccc(F)cc1. The van der Waals surface area contributed by atoms with Crippen molar-refractivity contribution in [1.29, 1.82) is 0 Å². The lowest BCUT2D eigenvalue weighted by molar-refractivity contribution is -0.132. The van der Waals surface area contributed by atoms with Gasteiger partial charge in [0.1, 0.15) is 17.5 Å². The van der Waals surface area contributed by atoms with Gasteiger partial charge < -0.3 is 30.3 Å². The topological polar surface area (TPSA) is 149 Å². The van der Waals surface area contributed by atoms with Crippen molar-refractivity contribution in [2.75, 3.05) is 33.7 Å². The van der Waals surface area contributed by atoms with E-state index in [1.165, 1.54) is 26.5 Å². The van der Waals surface area contributed by atoms with Crippen LogP contribution in [-0.2, 0) is 17.9 Å². The molecule has 1 fully saturated rings. The summed E-state index contributed by atoms with van der Waals surface area (Å²) in [6.45, 7) is 1.80.